The minimum atomic E-state index is -0.173. The highest BCUT2D eigenvalue weighted by molar-refractivity contribution is 9.10. The minimum absolute atomic E-state index is 0.173. The molecule has 0 spiro atoms. The predicted octanol–water partition coefficient (Wildman–Crippen LogP) is 5.03. The Hall–Kier alpha value is -0.0600. The minimum Gasteiger partial charge on any atom is -0.314 e. The second-order valence-corrected chi connectivity index (χ2v) is 7.96. The highest BCUT2D eigenvalue weighted by atomic mass is 79.9. The van der Waals surface area contributed by atoms with Crippen LogP contribution in [0.25, 0.3) is 0 Å². The zero-order valence-corrected chi connectivity index (χ0v) is 15.1. The van der Waals surface area contributed by atoms with Crippen molar-refractivity contribution < 1.29 is 4.39 Å². The van der Waals surface area contributed by atoms with Gasteiger partial charge in [0.25, 0.3) is 0 Å². The van der Waals surface area contributed by atoms with Crippen molar-refractivity contribution >= 4 is 27.7 Å². The quantitative estimate of drug-likeness (QED) is 0.718. The van der Waals surface area contributed by atoms with Gasteiger partial charge in [0.05, 0.1) is 0 Å². The highest BCUT2D eigenvalue weighted by Crippen LogP contribution is 2.28. The Balaban J connectivity index is 1.97. The van der Waals surface area contributed by atoms with Crippen LogP contribution in [0.2, 0.25) is 0 Å². The molecule has 1 aromatic rings. The van der Waals surface area contributed by atoms with E-state index in [-0.39, 0.29) is 5.82 Å². The third-order valence-electron chi connectivity index (χ3n) is 4.12. The van der Waals surface area contributed by atoms with Crippen molar-refractivity contribution in [2.45, 2.75) is 45.1 Å². The Morgan fingerprint density at radius 2 is 2.14 bits per heavy atom. The third-order valence-corrected chi connectivity index (χ3v) is 5.91. The molecule has 0 aliphatic carbocycles. The number of thioether (sulfide) groups is 1. The van der Waals surface area contributed by atoms with Gasteiger partial charge in [-0.3, -0.25) is 0 Å². The van der Waals surface area contributed by atoms with E-state index in [1.807, 2.05) is 6.07 Å². The van der Waals surface area contributed by atoms with Crippen LogP contribution in [0.3, 0.4) is 0 Å². The van der Waals surface area contributed by atoms with Gasteiger partial charge in [-0.1, -0.05) is 28.9 Å². The van der Waals surface area contributed by atoms with Gasteiger partial charge < -0.3 is 5.32 Å². The smallest absolute Gasteiger partial charge is 0.124 e. The van der Waals surface area contributed by atoms with Crippen LogP contribution in [0.4, 0.5) is 4.39 Å². The molecule has 0 bridgehead atoms. The maximum Gasteiger partial charge on any atom is 0.124 e. The van der Waals surface area contributed by atoms with Crippen LogP contribution in [0, 0.1) is 11.7 Å². The van der Waals surface area contributed by atoms with Crippen molar-refractivity contribution in [2.24, 2.45) is 5.92 Å². The van der Waals surface area contributed by atoms with Gasteiger partial charge in [-0.2, -0.15) is 11.8 Å². The zero-order valence-electron chi connectivity index (χ0n) is 12.7. The molecule has 1 N–H and O–H groups in total. The van der Waals surface area contributed by atoms with Crippen LogP contribution in [0.1, 0.15) is 38.2 Å². The maximum absolute atomic E-state index is 13.2. The van der Waals surface area contributed by atoms with Gasteiger partial charge in [-0.05, 0) is 73.8 Å². The zero-order chi connectivity index (χ0) is 15.1. The summed E-state index contributed by atoms with van der Waals surface area (Å²) in [5.41, 5.74) is 1.20. The van der Waals surface area contributed by atoms with Gasteiger partial charge in [0, 0.05) is 10.5 Å². The van der Waals surface area contributed by atoms with Crippen LogP contribution < -0.4 is 5.32 Å². The van der Waals surface area contributed by atoms with E-state index >= 15 is 0 Å². The van der Waals surface area contributed by atoms with E-state index in [9.17, 15) is 4.39 Å². The SMILES string of the molecule is CCCNC(Cc1ccc(F)cc1Br)CC1CCSCC1. The molecule has 118 valence electrons. The largest absolute Gasteiger partial charge is 0.314 e. The first-order valence-corrected chi connectivity index (χ1v) is 9.89. The monoisotopic (exact) mass is 373 g/mol. The fourth-order valence-electron chi connectivity index (χ4n) is 2.92. The second kappa shape index (κ2) is 9.16. The molecule has 1 nitrogen and oxygen atoms in total. The average Bonchev–Trinajstić information content (AvgIpc) is 2.48. The van der Waals surface area contributed by atoms with E-state index in [1.54, 1.807) is 12.1 Å². The fourth-order valence-corrected chi connectivity index (χ4v) is 4.64. The van der Waals surface area contributed by atoms with Crippen molar-refractivity contribution in [3.8, 4) is 0 Å². The Bertz CT molecular complexity index is 435. The Labute approximate surface area is 140 Å². The lowest BCUT2D eigenvalue weighted by atomic mass is 9.91. The Morgan fingerprint density at radius 1 is 1.38 bits per heavy atom. The number of nitrogens with one attached hydrogen (secondary N) is 1. The molecule has 0 radical (unpaired) electrons. The summed E-state index contributed by atoms with van der Waals surface area (Å²) in [5.74, 6) is 3.30. The van der Waals surface area contributed by atoms with Gasteiger partial charge in [-0.25, -0.2) is 4.39 Å². The number of hydrogen-bond acceptors (Lipinski definition) is 2. The molecule has 1 aliphatic rings. The van der Waals surface area contributed by atoms with E-state index in [1.165, 1.54) is 36.3 Å². The van der Waals surface area contributed by atoms with Gasteiger partial charge in [0.2, 0.25) is 0 Å². The summed E-state index contributed by atoms with van der Waals surface area (Å²) >= 11 is 5.58. The van der Waals surface area contributed by atoms with E-state index < -0.39 is 0 Å². The molecule has 21 heavy (non-hydrogen) atoms. The first-order valence-electron chi connectivity index (χ1n) is 7.94. The lowest BCUT2D eigenvalue weighted by molar-refractivity contribution is 0.362. The molecular formula is C17H25BrFNS. The fraction of sp³-hybridized carbons (Fsp3) is 0.647. The highest BCUT2D eigenvalue weighted by Gasteiger charge is 2.20. The van der Waals surface area contributed by atoms with Crippen molar-refractivity contribution in [2.75, 3.05) is 18.1 Å². The molecule has 1 aromatic carbocycles. The Morgan fingerprint density at radius 3 is 2.81 bits per heavy atom. The third kappa shape index (κ3) is 5.91. The van der Waals surface area contributed by atoms with Crippen LogP contribution in [-0.4, -0.2) is 24.1 Å². The molecule has 1 aliphatic heterocycles. The van der Waals surface area contributed by atoms with E-state index in [4.69, 9.17) is 0 Å². The molecule has 1 heterocycles. The number of hydrogen-bond donors (Lipinski definition) is 1. The van der Waals surface area contributed by atoms with E-state index in [2.05, 4.69) is 39.9 Å². The van der Waals surface area contributed by atoms with E-state index in [0.717, 1.165) is 29.8 Å². The van der Waals surface area contributed by atoms with Crippen molar-refractivity contribution in [3.05, 3.63) is 34.1 Å². The van der Waals surface area contributed by atoms with Crippen molar-refractivity contribution in [1.82, 2.24) is 5.32 Å². The molecule has 1 fully saturated rings. The normalized spacial score (nSPS) is 17.9. The topological polar surface area (TPSA) is 12.0 Å². The van der Waals surface area contributed by atoms with Crippen LogP contribution >= 0.6 is 27.7 Å². The molecule has 1 unspecified atom stereocenters. The van der Waals surface area contributed by atoms with Crippen LogP contribution in [-0.2, 0) is 6.42 Å². The number of benzene rings is 1. The standard InChI is InChI=1S/C17H25BrFNS/c1-2-7-20-16(10-13-5-8-21-9-6-13)11-14-3-4-15(19)12-17(14)18/h3-4,12-13,16,20H,2,5-11H2,1H3. The molecule has 1 atom stereocenters. The first kappa shape index (κ1) is 17.3. The van der Waals surface area contributed by atoms with E-state index in [0.29, 0.717) is 6.04 Å². The van der Waals surface area contributed by atoms with Crippen LogP contribution in [0.5, 0.6) is 0 Å². The summed E-state index contributed by atoms with van der Waals surface area (Å²) in [5, 5.41) is 3.69. The van der Waals surface area contributed by atoms with Gasteiger partial charge in [0.15, 0.2) is 0 Å². The van der Waals surface area contributed by atoms with Gasteiger partial charge >= 0.3 is 0 Å². The van der Waals surface area contributed by atoms with Gasteiger partial charge in [-0.15, -0.1) is 0 Å². The summed E-state index contributed by atoms with van der Waals surface area (Å²) in [6.45, 7) is 3.26. The molecule has 0 aromatic heterocycles. The molecular weight excluding hydrogens is 349 g/mol. The lowest BCUT2D eigenvalue weighted by Crippen LogP contribution is -2.34. The summed E-state index contributed by atoms with van der Waals surface area (Å²) in [6.07, 6.45) is 6.07. The van der Waals surface area contributed by atoms with Gasteiger partial charge in [0.1, 0.15) is 5.82 Å². The number of halogens is 2. The number of rotatable bonds is 7. The summed E-state index contributed by atoms with van der Waals surface area (Å²) in [7, 11) is 0. The first-order chi connectivity index (χ1) is 10.2. The molecule has 4 heteroatoms. The molecule has 1 saturated heterocycles. The Kier molecular flexibility index (Phi) is 7.55. The lowest BCUT2D eigenvalue weighted by Gasteiger charge is -2.27. The van der Waals surface area contributed by atoms with Crippen LogP contribution in [0.15, 0.2) is 22.7 Å². The summed E-state index contributed by atoms with van der Waals surface area (Å²) in [4.78, 5) is 0. The predicted molar refractivity (Wildman–Crippen MR) is 94.6 cm³/mol. The van der Waals surface area contributed by atoms with Crippen molar-refractivity contribution in [1.29, 1.82) is 0 Å². The second-order valence-electron chi connectivity index (χ2n) is 5.88. The summed E-state index contributed by atoms with van der Waals surface area (Å²) < 4.78 is 14.1. The molecule has 0 amide bonds. The summed E-state index contributed by atoms with van der Waals surface area (Å²) in [6, 6.07) is 5.55. The average molecular weight is 374 g/mol. The maximum atomic E-state index is 13.2. The molecule has 2 rings (SSSR count). The van der Waals surface area contributed by atoms with Crippen molar-refractivity contribution in [3.63, 3.8) is 0 Å². The molecule has 0 saturated carbocycles.